The van der Waals surface area contributed by atoms with Gasteiger partial charge in [0.05, 0.1) is 10.7 Å². The van der Waals surface area contributed by atoms with Gasteiger partial charge in [-0.05, 0) is 34.5 Å². The fourth-order valence-corrected chi connectivity index (χ4v) is 1.99. The molecule has 0 bridgehead atoms. The van der Waals surface area contributed by atoms with Crippen LogP contribution in [0.5, 0.6) is 0 Å². The monoisotopic (exact) mass is 300 g/mol. The Labute approximate surface area is 107 Å². The molecule has 3 nitrogen and oxygen atoms in total. The highest BCUT2D eigenvalue weighted by Gasteiger charge is 2.11. The first kappa shape index (κ1) is 11.6. The van der Waals surface area contributed by atoms with E-state index in [1.807, 2.05) is 0 Å². The molecule has 2 rings (SSSR count). The first-order valence-corrected chi connectivity index (χ1v) is 6.14. The highest BCUT2D eigenvalue weighted by atomic mass is 79.9. The third kappa shape index (κ3) is 2.44. The standard InChI is InChI=1S/C11H10BrClN2O/c1-2-3-7-6-9(13)15-11(14-7)10-8(12)4-5-16-10/h4-6H,2-3H2,1H3. The summed E-state index contributed by atoms with van der Waals surface area (Å²) in [7, 11) is 0. The second-order valence-corrected chi connectivity index (χ2v) is 4.59. The molecule has 2 aromatic rings. The number of hydrogen-bond donors (Lipinski definition) is 0. The molecule has 0 amide bonds. The number of hydrogen-bond acceptors (Lipinski definition) is 3. The zero-order chi connectivity index (χ0) is 11.5. The Morgan fingerprint density at radius 1 is 1.44 bits per heavy atom. The van der Waals surface area contributed by atoms with Crippen molar-refractivity contribution in [3.05, 3.63) is 33.7 Å². The SMILES string of the molecule is CCCc1cc(Cl)nc(-c2occc2Br)n1. The molecule has 0 fully saturated rings. The van der Waals surface area contributed by atoms with Gasteiger partial charge in [-0.3, -0.25) is 0 Å². The van der Waals surface area contributed by atoms with E-state index in [0.717, 1.165) is 23.0 Å². The molecule has 0 unspecified atom stereocenters. The van der Waals surface area contributed by atoms with Gasteiger partial charge in [0.1, 0.15) is 5.15 Å². The van der Waals surface area contributed by atoms with Crippen LogP contribution in [0.25, 0.3) is 11.6 Å². The third-order valence-electron chi connectivity index (χ3n) is 2.07. The van der Waals surface area contributed by atoms with E-state index >= 15 is 0 Å². The maximum absolute atomic E-state index is 5.95. The fraction of sp³-hybridized carbons (Fsp3) is 0.273. The summed E-state index contributed by atoms with van der Waals surface area (Å²) >= 11 is 9.32. The number of aromatic nitrogens is 2. The summed E-state index contributed by atoms with van der Waals surface area (Å²) in [6.07, 6.45) is 3.49. The zero-order valence-corrected chi connectivity index (χ0v) is 11.0. The van der Waals surface area contributed by atoms with Crippen molar-refractivity contribution in [3.8, 4) is 11.6 Å². The van der Waals surface area contributed by atoms with E-state index in [-0.39, 0.29) is 0 Å². The first-order valence-electron chi connectivity index (χ1n) is 4.97. The molecule has 0 N–H and O–H groups in total. The normalized spacial score (nSPS) is 10.7. The van der Waals surface area contributed by atoms with Crippen LogP contribution in [0.1, 0.15) is 19.0 Å². The maximum Gasteiger partial charge on any atom is 0.198 e. The van der Waals surface area contributed by atoms with Crippen LogP contribution < -0.4 is 0 Å². The molecule has 5 heteroatoms. The van der Waals surface area contributed by atoms with Crippen molar-refractivity contribution in [2.75, 3.05) is 0 Å². The fourth-order valence-electron chi connectivity index (χ4n) is 1.40. The van der Waals surface area contributed by atoms with Crippen molar-refractivity contribution in [1.29, 1.82) is 0 Å². The molecule has 16 heavy (non-hydrogen) atoms. The van der Waals surface area contributed by atoms with E-state index in [9.17, 15) is 0 Å². The second-order valence-electron chi connectivity index (χ2n) is 3.35. The average Bonchev–Trinajstić information content (AvgIpc) is 2.64. The van der Waals surface area contributed by atoms with Gasteiger partial charge in [0.25, 0.3) is 0 Å². The summed E-state index contributed by atoms with van der Waals surface area (Å²) in [4.78, 5) is 8.56. The van der Waals surface area contributed by atoms with E-state index in [0.29, 0.717) is 16.7 Å². The van der Waals surface area contributed by atoms with Crippen LogP contribution in [0.4, 0.5) is 0 Å². The van der Waals surface area contributed by atoms with Crippen LogP contribution in [-0.2, 0) is 6.42 Å². The van der Waals surface area contributed by atoms with Crippen LogP contribution in [0.2, 0.25) is 5.15 Å². The number of rotatable bonds is 3. The molecule has 0 saturated carbocycles. The molecule has 0 aliphatic carbocycles. The maximum atomic E-state index is 5.95. The van der Waals surface area contributed by atoms with Crippen LogP contribution in [-0.4, -0.2) is 9.97 Å². The van der Waals surface area contributed by atoms with Crippen molar-refractivity contribution < 1.29 is 4.42 Å². The minimum absolute atomic E-state index is 0.441. The summed E-state index contributed by atoms with van der Waals surface area (Å²) in [5.74, 6) is 1.13. The second kappa shape index (κ2) is 4.97. The van der Waals surface area contributed by atoms with Gasteiger partial charge < -0.3 is 4.42 Å². The Morgan fingerprint density at radius 2 is 2.25 bits per heavy atom. The number of furan rings is 1. The molecule has 84 valence electrons. The molecule has 2 heterocycles. The third-order valence-corrected chi connectivity index (χ3v) is 2.89. The molecule has 0 saturated heterocycles. The number of nitrogens with zero attached hydrogens (tertiary/aromatic N) is 2. The average molecular weight is 302 g/mol. The van der Waals surface area contributed by atoms with Gasteiger partial charge in [0, 0.05) is 5.69 Å². The highest BCUT2D eigenvalue weighted by molar-refractivity contribution is 9.10. The van der Waals surface area contributed by atoms with Crippen LogP contribution in [0.15, 0.2) is 27.3 Å². The van der Waals surface area contributed by atoms with Gasteiger partial charge in [-0.1, -0.05) is 24.9 Å². The van der Waals surface area contributed by atoms with Gasteiger partial charge >= 0.3 is 0 Å². The van der Waals surface area contributed by atoms with E-state index < -0.39 is 0 Å². The highest BCUT2D eigenvalue weighted by Crippen LogP contribution is 2.27. The number of aryl methyl sites for hydroxylation is 1. The predicted molar refractivity (Wildman–Crippen MR) is 66.4 cm³/mol. The van der Waals surface area contributed by atoms with Crippen molar-refractivity contribution in [2.45, 2.75) is 19.8 Å². The van der Waals surface area contributed by atoms with Crippen molar-refractivity contribution in [2.24, 2.45) is 0 Å². The van der Waals surface area contributed by atoms with Gasteiger partial charge in [-0.2, -0.15) is 0 Å². The van der Waals surface area contributed by atoms with Crippen LogP contribution in [0, 0.1) is 0 Å². The van der Waals surface area contributed by atoms with Crippen molar-refractivity contribution >= 4 is 27.5 Å². The van der Waals surface area contributed by atoms with Crippen LogP contribution in [0.3, 0.4) is 0 Å². The van der Waals surface area contributed by atoms with Gasteiger partial charge in [0.2, 0.25) is 0 Å². The summed E-state index contributed by atoms with van der Waals surface area (Å²) < 4.78 is 6.14. The summed E-state index contributed by atoms with van der Waals surface area (Å²) in [5.41, 5.74) is 0.931. The Balaban J connectivity index is 2.45. The van der Waals surface area contributed by atoms with Gasteiger partial charge in [0.15, 0.2) is 11.6 Å². The van der Waals surface area contributed by atoms with Crippen molar-refractivity contribution in [3.63, 3.8) is 0 Å². The van der Waals surface area contributed by atoms with E-state index in [4.69, 9.17) is 16.0 Å². The van der Waals surface area contributed by atoms with Crippen LogP contribution >= 0.6 is 27.5 Å². The Kier molecular flexibility index (Phi) is 3.61. The largest absolute Gasteiger partial charge is 0.460 e. The van der Waals surface area contributed by atoms with Crippen molar-refractivity contribution in [1.82, 2.24) is 9.97 Å². The minimum atomic E-state index is 0.441. The molecule has 0 aromatic carbocycles. The molecule has 0 aliphatic rings. The lowest BCUT2D eigenvalue weighted by atomic mass is 10.2. The number of halogens is 2. The molecule has 0 aliphatic heterocycles. The summed E-state index contributed by atoms with van der Waals surface area (Å²) in [5, 5.41) is 0.441. The lowest BCUT2D eigenvalue weighted by molar-refractivity contribution is 0.575. The molecule has 0 radical (unpaired) electrons. The Hall–Kier alpha value is -0.870. The quantitative estimate of drug-likeness (QED) is 0.801. The molecule has 0 atom stereocenters. The molecular weight excluding hydrogens is 291 g/mol. The Bertz CT molecular complexity index is 498. The first-order chi connectivity index (χ1) is 7.70. The van der Waals surface area contributed by atoms with Gasteiger partial charge in [-0.15, -0.1) is 0 Å². The van der Waals surface area contributed by atoms with E-state index in [1.54, 1.807) is 18.4 Å². The lowest BCUT2D eigenvalue weighted by Gasteiger charge is -2.02. The topological polar surface area (TPSA) is 38.9 Å². The predicted octanol–water partition coefficient (Wildman–Crippen LogP) is 4.11. The lowest BCUT2D eigenvalue weighted by Crippen LogP contribution is -1.95. The smallest absolute Gasteiger partial charge is 0.198 e. The zero-order valence-electron chi connectivity index (χ0n) is 8.70. The van der Waals surface area contributed by atoms with E-state index in [1.165, 1.54) is 0 Å². The summed E-state index contributed by atoms with van der Waals surface area (Å²) in [6, 6.07) is 3.59. The van der Waals surface area contributed by atoms with E-state index in [2.05, 4.69) is 32.8 Å². The molecule has 0 spiro atoms. The molecular formula is C11H10BrClN2O. The van der Waals surface area contributed by atoms with Gasteiger partial charge in [-0.25, -0.2) is 9.97 Å². The minimum Gasteiger partial charge on any atom is -0.460 e. The Morgan fingerprint density at radius 3 is 2.88 bits per heavy atom. The molecule has 2 aromatic heterocycles. The summed E-state index contributed by atoms with van der Waals surface area (Å²) in [6.45, 7) is 2.10.